The van der Waals surface area contributed by atoms with E-state index >= 15 is 0 Å². The molecule has 0 radical (unpaired) electrons. The monoisotopic (exact) mass is 355 g/mol. The van der Waals surface area contributed by atoms with Gasteiger partial charge < -0.3 is 15.2 Å². The van der Waals surface area contributed by atoms with Crippen LogP contribution in [0.4, 0.5) is 13.2 Å². The molecule has 0 spiro atoms. The van der Waals surface area contributed by atoms with Crippen molar-refractivity contribution in [3.8, 4) is 5.75 Å². The third-order valence-corrected chi connectivity index (χ3v) is 3.02. The molecule has 0 aromatic heterocycles. The van der Waals surface area contributed by atoms with E-state index in [0.717, 1.165) is 18.6 Å². The van der Waals surface area contributed by atoms with Gasteiger partial charge in [-0.05, 0) is 37.6 Å². The smallest absolute Gasteiger partial charge is 0.416 e. The van der Waals surface area contributed by atoms with Gasteiger partial charge >= 0.3 is 12.1 Å². The highest BCUT2D eigenvalue weighted by atomic mass is 35.5. The summed E-state index contributed by atoms with van der Waals surface area (Å²) in [6, 6.07) is 4.08. The Labute approximate surface area is 139 Å². The molecule has 4 nitrogen and oxygen atoms in total. The van der Waals surface area contributed by atoms with Gasteiger partial charge in [0.2, 0.25) is 0 Å². The predicted octanol–water partition coefficient (Wildman–Crippen LogP) is 3.74. The quantitative estimate of drug-likeness (QED) is 0.662. The SMILES string of the molecule is CCCC(NCCCOc1cccc(C(F)(F)F)c1)C(=O)O.Cl. The summed E-state index contributed by atoms with van der Waals surface area (Å²) < 4.78 is 42.8. The van der Waals surface area contributed by atoms with Crippen LogP contribution in [0.25, 0.3) is 0 Å². The molecule has 1 unspecified atom stereocenters. The Hall–Kier alpha value is -1.47. The van der Waals surface area contributed by atoms with Crippen molar-refractivity contribution in [3.63, 3.8) is 0 Å². The van der Waals surface area contributed by atoms with Crippen LogP contribution in [0.3, 0.4) is 0 Å². The number of benzene rings is 1. The molecule has 0 saturated heterocycles. The van der Waals surface area contributed by atoms with E-state index in [1.54, 1.807) is 0 Å². The highest BCUT2D eigenvalue weighted by molar-refractivity contribution is 5.85. The van der Waals surface area contributed by atoms with E-state index in [4.69, 9.17) is 9.84 Å². The Morgan fingerprint density at radius 1 is 1.39 bits per heavy atom. The largest absolute Gasteiger partial charge is 0.494 e. The van der Waals surface area contributed by atoms with E-state index in [1.807, 2.05) is 6.92 Å². The summed E-state index contributed by atoms with van der Waals surface area (Å²) in [5.41, 5.74) is -0.753. The first-order valence-corrected chi connectivity index (χ1v) is 7.11. The maximum atomic E-state index is 12.5. The minimum Gasteiger partial charge on any atom is -0.494 e. The minimum atomic E-state index is -4.39. The molecular weight excluding hydrogens is 335 g/mol. The fourth-order valence-corrected chi connectivity index (χ4v) is 1.90. The molecule has 0 amide bonds. The molecule has 0 aliphatic rings. The predicted molar refractivity (Wildman–Crippen MR) is 83.1 cm³/mol. The molecule has 0 aliphatic carbocycles. The van der Waals surface area contributed by atoms with Gasteiger partial charge in [-0.15, -0.1) is 12.4 Å². The number of carbonyl (C=O) groups is 1. The van der Waals surface area contributed by atoms with Crippen LogP contribution in [0, 0.1) is 0 Å². The zero-order chi connectivity index (χ0) is 16.6. The fraction of sp³-hybridized carbons (Fsp3) is 0.533. The van der Waals surface area contributed by atoms with Crippen molar-refractivity contribution < 1.29 is 27.8 Å². The summed E-state index contributed by atoms with van der Waals surface area (Å²) in [4.78, 5) is 10.9. The number of alkyl halides is 3. The number of ether oxygens (including phenoxy) is 1. The summed E-state index contributed by atoms with van der Waals surface area (Å²) in [7, 11) is 0. The standard InChI is InChI=1S/C15H20F3NO3.ClH/c1-2-5-13(14(20)21)19-8-4-9-22-12-7-3-6-11(10-12)15(16,17)18;/h3,6-7,10,13,19H,2,4-5,8-9H2,1H3,(H,20,21);1H. The van der Waals surface area contributed by atoms with Gasteiger partial charge in [0.15, 0.2) is 0 Å². The number of hydrogen-bond donors (Lipinski definition) is 2. The maximum absolute atomic E-state index is 12.5. The Kier molecular flexibility index (Phi) is 9.67. The lowest BCUT2D eigenvalue weighted by Gasteiger charge is -2.14. The maximum Gasteiger partial charge on any atom is 0.416 e. The molecule has 132 valence electrons. The Bertz CT molecular complexity index is 483. The van der Waals surface area contributed by atoms with Crippen molar-refractivity contribution in [1.29, 1.82) is 0 Å². The van der Waals surface area contributed by atoms with Crippen LogP contribution in [-0.2, 0) is 11.0 Å². The van der Waals surface area contributed by atoms with Crippen molar-refractivity contribution in [2.24, 2.45) is 0 Å². The molecule has 0 heterocycles. The summed E-state index contributed by atoms with van der Waals surface area (Å²) in [6.45, 7) is 2.54. The molecular formula is C15H21ClF3NO3. The van der Waals surface area contributed by atoms with Crippen molar-refractivity contribution in [2.75, 3.05) is 13.2 Å². The lowest BCUT2D eigenvalue weighted by molar-refractivity contribution is -0.140. The van der Waals surface area contributed by atoms with Gasteiger partial charge in [-0.25, -0.2) is 0 Å². The van der Waals surface area contributed by atoms with Gasteiger partial charge in [0.1, 0.15) is 11.8 Å². The van der Waals surface area contributed by atoms with Gasteiger partial charge in [0.25, 0.3) is 0 Å². The van der Waals surface area contributed by atoms with Gasteiger partial charge in [-0.2, -0.15) is 13.2 Å². The Balaban J connectivity index is 0.00000484. The number of rotatable bonds is 9. The number of carboxylic acid groups (broad SMARTS) is 1. The van der Waals surface area contributed by atoms with Gasteiger partial charge in [-0.1, -0.05) is 19.4 Å². The average Bonchev–Trinajstić information content (AvgIpc) is 2.45. The van der Waals surface area contributed by atoms with Crippen molar-refractivity contribution in [1.82, 2.24) is 5.32 Å². The Morgan fingerprint density at radius 2 is 2.09 bits per heavy atom. The minimum absolute atomic E-state index is 0. The third kappa shape index (κ3) is 8.08. The summed E-state index contributed by atoms with van der Waals surface area (Å²) in [5, 5.41) is 11.8. The van der Waals surface area contributed by atoms with Gasteiger partial charge in [0, 0.05) is 0 Å². The Morgan fingerprint density at radius 3 is 2.65 bits per heavy atom. The molecule has 2 N–H and O–H groups in total. The van der Waals surface area contributed by atoms with Crippen molar-refractivity contribution >= 4 is 18.4 Å². The van der Waals surface area contributed by atoms with Gasteiger partial charge in [-0.3, -0.25) is 4.79 Å². The van der Waals surface area contributed by atoms with Crippen molar-refractivity contribution in [2.45, 2.75) is 38.4 Å². The van der Waals surface area contributed by atoms with Crippen LogP contribution in [0.1, 0.15) is 31.7 Å². The van der Waals surface area contributed by atoms with Crippen LogP contribution >= 0.6 is 12.4 Å². The fourth-order valence-electron chi connectivity index (χ4n) is 1.90. The molecule has 0 fully saturated rings. The number of aliphatic carboxylic acids is 1. The first-order chi connectivity index (χ1) is 10.3. The molecule has 0 saturated carbocycles. The number of carboxylic acids is 1. The first-order valence-electron chi connectivity index (χ1n) is 7.11. The van der Waals surface area contributed by atoms with Crippen LogP contribution in [0.5, 0.6) is 5.75 Å². The van der Waals surface area contributed by atoms with Crippen molar-refractivity contribution in [3.05, 3.63) is 29.8 Å². The van der Waals surface area contributed by atoms with Gasteiger partial charge in [0.05, 0.1) is 12.2 Å². The topological polar surface area (TPSA) is 58.6 Å². The zero-order valence-corrected chi connectivity index (χ0v) is 13.5. The normalized spacial score (nSPS) is 12.3. The molecule has 0 bridgehead atoms. The number of nitrogens with one attached hydrogen (secondary N) is 1. The lowest BCUT2D eigenvalue weighted by atomic mass is 10.1. The number of hydrogen-bond acceptors (Lipinski definition) is 3. The summed E-state index contributed by atoms with van der Waals surface area (Å²) in [5.74, 6) is -0.751. The van der Waals surface area contributed by atoms with E-state index < -0.39 is 23.8 Å². The molecule has 1 aromatic carbocycles. The van der Waals surface area contributed by atoms with Crippen LogP contribution in [0.2, 0.25) is 0 Å². The van der Waals surface area contributed by atoms with E-state index in [0.29, 0.717) is 19.4 Å². The molecule has 1 rings (SSSR count). The third-order valence-electron chi connectivity index (χ3n) is 3.02. The highest BCUT2D eigenvalue weighted by Gasteiger charge is 2.30. The first kappa shape index (κ1) is 21.5. The second-order valence-electron chi connectivity index (χ2n) is 4.86. The molecule has 0 aliphatic heterocycles. The second-order valence-corrected chi connectivity index (χ2v) is 4.86. The molecule has 8 heteroatoms. The summed E-state index contributed by atoms with van der Waals surface area (Å²) >= 11 is 0. The number of halogens is 4. The highest BCUT2D eigenvalue weighted by Crippen LogP contribution is 2.31. The summed E-state index contributed by atoms with van der Waals surface area (Å²) in [6.07, 6.45) is -2.60. The van der Waals surface area contributed by atoms with E-state index in [-0.39, 0.29) is 24.8 Å². The van der Waals surface area contributed by atoms with Crippen LogP contribution < -0.4 is 10.1 Å². The average molecular weight is 356 g/mol. The lowest BCUT2D eigenvalue weighted by Crippen LogP contribution is -2.37. The molecule has 1 atom stereocenters. The van der Waals surface area contributed by atoms with E-state index in [2.05, 4.69) is 5.32 Å². The second kappa shape index (κ2) is 10.3. The molecule has 23 heavy (non-hydrogen) atoms. The van der Waals surface area contributed by atoms with Crippen LogP contribution in [0.15, 0.2) is 24.3 Å². The van der Waals surface area contributed by atoms with E-state index in [1.165, 1.54) is 12.1 Å². The van der Waals surface area contributed by atoms with Crippen LogP contribution in [-0.4, -0.2) is 30.3 Å². The zero-order valence-electron chi connectivity index (χ0n) is 12.7. The van der Waals surface area contributed by atoms with E-state index in [9.17, 15) is 18.0 Å². The molecule has 1 aromatic rings.